The number of likely N-dealkylation sites (tertiary alicyclic amines) is 1. The number of benzene rings is 3. The Morgan fingerprint density at radius 2 is 1.68 bits per heavy atom. The Labute approximate surface area is 201 Å². The molecule has 0 N–H and O–H groups in total. The Morgan fingerprint density at radius 3 is 2.50 bits per heavy atom. The van der Waals surface area contributed by atoms with Crippen LogP contribution in [0.5, 0.6) is 0 Å². The van der Waals surface area contributed by atoms with Crippen LogP contribution in [0.1, 0.15) is 36.8 Å². The number of halogens is 1. The van der Waals surface area contributed by atoms with Crippen molar-refractivity contribution in [1.82, 2.24) is 4.90 Å². The molecule has 3 aliphatic rings. The third-order valence-corrected chi connectivity index (χ3v) is 10.0. The molecule has 6 rings (SSSR count). The van der Waals surface area contributed by atoms with Gasteiger partial charge in [-0.05, 0) is 104 Å². The predicted octanol–water partition coefficient (Wildman–Crippen LogP) is 5.39. The van der Waals surface area contributed by atoms with Crippen LogP contribution in [-0.2, 0) is 22.9 Å². The molecule has 0 aromatic heterocycles. The molecular weight excluding hydrogens is 447 g/mol. The first-order valence-electron chi connectivity index (χ1n) is 12.5. The number of nitrogens with zero attached hydrogens (tertiary/aromatic N) is 2. The van der Waals surface area contributed by atoms with Crippen LogP contribution in [0.3, 0.4) is 0 Å². The lowest BCUT2D eigenvalue weighted by Gasteiger charge is -2.35. The SMILES string of the molecule is O=S1(=O)c2cccc3cccc(c23)N1CCN1CCC(CC2CCc3ccc(F)cc3C2)CC1. The fraction of sp³-hybridized carbons (Fsp3) is 0.429. The van der Waals surface area contributed by atoms with E-state index in [1.54, 1.807) is 22.5 Å². The number of sulfonamides is 1. The lowest BCUT2D eigenvalue weighted by Crippen LogP contribution is -2.41. The lowest BCUT2D eigenvalue weighted by molar-refractivity contribution is 0.167. The number of aryl methyl sites for hydroxylation is 1. The van der Waals surface area contributed by atoms with Gasteiger partial charge >= 0.3 is 0 Å². The van der Waals surface area contributed by atoms with Crippen molar-refractivity contribution >= 4 is 26.5 Å². The van der Waals surface area contributed by atoms with E-state index < -0.39 is 10.0 Å². The molecule has 2 heterocycles. The van der Waals surface area contributed by atoms with Gasteiger partial charge in [0.25, 0.3) is 10.0 Å². The quantitative estimate of drug-likeness (QED) is 0.493. The van der Waals surface area contributed by atoms with Crippen LogP contribution in [-0.4, -0.2) is 39.5 Å². The van der Waals surface area contributed by atoms with E-state index in [0.717, 1.165) is 61.8 Å². The van der Waals surface area contributed by atoms with Gasteiger partial charge in [-0.25, -0.2) is 12.8 Å². The molecule has 178 valence electrons. The normalized spacial score (nSPS) is 22.3. The van der Waals surface area contributed by atoms with Crippen LogP contribution in [0.2, 0.25) is 0 Å². The van der Waals surface area contributed by atoms with Crippen LogP contribution in [0.15, 0.2) is 59.5 Å². The first-order chi connectivity index (χ1) is 16.5. The van der Waals surface area contributed by atoms with E-state index >= 15 is 0 Å². The molecule has 1 unspecified atom stereocenters. The molecule has 1 saturated heterocycles. The standard InChI is InChI=1S/C28H31FN2O2S/c29-25-10-9-22-8-7-21(18-24(22)19-25)17-20-11-13-30(14-12-20)15-16-31-26-5-1-3-23-4-2-6-27(28(23)26)34(31,32)33/h1-6,9-10,19-21H,7-8,11-18H2. The van der Waals surface area contributed by atoms with Gasteiger partial charge in [-0.15, -0.1) is 0 Å². The molecule has 1 atom stereocenters. The molecule has 34 heavy (non-hydrogen) atoms. The van der Waals surface area contributed by atoms with E-state index in [4.69, 9.17) is 0 Å². The summed E-state index contributed by atoms with van der Waals surface area (Å²) in [5.74, 6) is 1.25. The van der Waals surface area contributed by atoms with E-state index in [1.165, 1.54) is 24.0 Å². The molecule has 4 nitrogen and oxygen atoms in total. The van der Waals surface area contributed by atoms with Gasteiger partial charge in [-0.3, -0.25) is 4.31 Å². The Kier molecular flexibility index (Phi) is 5.61. The predicted molar refractivity (Wildman–Crippen MR) is 134 cm³/mol. The zero-order valence-electron chi connectivity index (χ0n) is 19.4. The second kappa shape index (κ2) is 8.65. The summed E-state index contributed by atoms with van der Waals surface area (Å²) in [5.41, 5.74) is 3.34. The summed E-state index contributed by atoms with van der Waals surface area (Å²) in [6, 6.07) is 16.7. The second-order valence-electron chi connectivity index (χ2n) is 10.3. The average Bonchev–Trinajstić information content (AvgIpc) is 3.06. The summed E-state index contributed by atoms with van der Waals surface area (Å²) in [7, 11) is -3.48. The topological polar surface area (TPSA) is 40.6 Å². The Balaban J connectivity index is 1.04. The molecule has 6 heteroatoms. The molecule has 3 aromatic rings. The highest BCUT2D eigenvalue weighted by Gasteiger charge is 2.35. The van der Waals surface area contributed by atoms with Gasteiger partial charge in [0.1, 0.15) is 5.82 Å². The monoisotopic (exact) mass is 478 g/mol. The fourth-order valence-corrected chi connectivity index (χ4v) is 8.05. The minimum Gasteiger partial charge on any atom is -0.302 e. The fourth-order valence-electron chi connectivity index (χ4n) is 6.35. The van der Waals surface area contributed by atoms with Gasteiger partial charge in [-0.1, -0.05) is 30.3 Å². The largest absolute Gasteiger partial charge is 0.302 e. The third-order valence-electron chi connectivity index (χ3n) is 8.17. The minimum absolute atomic E-state index is 0.118. The Morgan fingerprint density at radius 1 is 0.882 bits per heavy atom. The molecule has 2 aliphatic heterocycles. The van der Waals surface area contributed by atoms with Crippen molar-refractivity contribution in [3.8, 4) is 0 Å². The zero-order valence-corrected chi connectivity index (χ0v) is 20.2. The van der Waals surface area contributed by atoms with Crippen molar-refractivity contribution in [3.63, 3.8) is 0 Å². The smallest absolute Gasteiger partial charge is 0.265 e. The number of hydrogen-bond donors (Lipinski definition) is 0. The van der Waals surface area contributed by atoms with Gasteiger partial charge in [0.05, 0.1) is 10.6 Å². The van der Waals surface area contributed by atoms with Crippen molar-refractivity contribution in [2.24, 2.45) is 11.8 Å². The highest BCUT2D eigenvalue weighted by atomic mass is 32.2. The molecule has 0 bridgehead atoms. The lowest BCUT2D eigenvalue weighted by atomic mass is 9.77. The number of fused-ring (bicyclic) bond motifs is 1. The van der Waals surface area contributed by atoms with Gasteiger partial charge in [0, 0.05) is 18.5 Å². The van der Waals surface area contributed by atoms with Gasteiger partial charge in [-0.2, -0.15) is 0 Å². The summed E-state index contributed by atoms with van der Waals surface area (Å²) >= 11 is 0. The molecule has 0 spiro atoms. The summed E-state index contributed by atoms with van der Waals surface area (Å²) in [5, 5.41) is 1.84. The Bertz CT molecular complexity index is 1330. The highest BCUT2D eigenvalue weighted by molar-refractivity contribution is 7.93. The van der Waals surface area contributed by atoms with Crippen molar-refractivity contribution in [3.05, 3.63) is 71.5 Å². The van der Waals surface area contributed by atoms with Gasteiger partial charge in [0.15, 0.2) is 0 Å². The number of rotatable bonds is 5. The molecule has 0 saturated carbocycles. The maximum absolute atomic E-state index is 13.6. The minimum atomic E-state index is -3.48. The average molecular weight is 479 g/mol. The van der Waals surface area contributed by atoms with E-state index in [9.17, 15) is 12.8 Å². The van der Waals surface area contributed by atoms with Crippen LogP contribution in [0, 0.1) is 17.7 Å². The van der Waals surface area contributed by atoms with Gasteiger partial charge < -0.3 is 4.90 Å². The van der Waals surface area contributed by atoms with Crippen molar-refractivity contribution in [2.75, 3.05) is 30.5 Å². The molecular formula is C28H31FN2O2S. The van der Waals surface area contributed by atoms with E-state index in [0.29, 0.717) is 23.3 Å². The van der Waals surface area contributed by atoms with Crippen molar-refractivity contribution in [2.45, 2.75) is 43.4 Å². The van der Waals surface area contributed by atoms with Crippen molar-refractivity contribution < 1.29 is 12.8 Å². The second-order valence-corrected chi connectivity index (χ2v) is 12.1. The molecule has 0 amide bonds. The first kappa shape index (κ1) is 22.1. The first-order valence-corrected chi connectivity index (χ1v) is 14.0. The molecule has 1 fully saturated rings. The summed E-state index contributed by atoms with van der Waals surface area (Å²) in [6.45, 7) is 3.29. The van der Waals surface area contributed by atoms with E-state index in [-0.39, 0.29) is 5.82 Å². The molecule has 3 aromatic carbocycles. The summed E-state index contributed by atoms with van der Waals surface area (Å²) < 4.78 is 41.7. The highest BCUT2D eigenvalue weighted by Crippen LogP contribution is 2.42. The van der Waals surface area contributed by atoms with Crippen LogP contribution in [0.4, 0.5) is 10.1 Å². The molecule has 0 radical (unpaired) electrons. The van der Waals surface area contributed by atoms with Crippen LogP contribution in [0.25, 0.3) is 10.8 Å². The van der Waals surface area contributed by atoms with E-state index in [1.807, 2.05) is 36.4 Å². The maximum Gasteiger partial charge on any atom is 0.265 e. The van der Waals surface area contributed by atoms with Crippen LogP contribution >= 0.6 is 0 Å². The summed E-state index contributed by atoms with van der Waals surface area (Å²) in [4.78, 5) is 2.86. The van der Waals surface area contributed by atoms with Gasteiger partial charge in [0.2, 0.25) is 0 Å². The number of piperidine rings is 1. The van der Waals surface area contributed by atoms with E-state index in [2.05, 4.69) is 4.90 Å². The number of hydrogen-bond acceptors (Lipinski definition) is 3. The molecule has 1 aliphatic carbocycles. The Hall–Kier alpha value is -2.44. The van der Waals surface area contributed by atoms with Crippen LogP contribution < -0.4 is 4.31 Å². The summed E-state index contributed by atoms with van der Waals surface area (Å²) in [6.07, 6.45) is 6.83. The zero-order chi connectivity index (χ0) is 23.3. The third kappa shape index (κ3) is 3.91. The number of anilines is 1. The maximum atomic E-state index is 13.6. The van der Waals surface area contributed by atoms with Crippen molar-refractivity contribution in [1.29, 1.82) is 0 Å².